The lowest BCUT2D eigenvalue weighted by molar-refractivity contribution is 0.0684. The molecule has 1 rings (SSSR count). The van der Waals surface area contributed by atoms with Crippen LogP contribution in [0.4, 0.5) is 0 Å². The normalized spacial score (nSPS) is 12.3. The van der Waals surface area contributed by atoms with Gasteiger partial charge in [0.05, 0.1) is 7.11 Å². The molecule has 0 fully saturated rings. The molecule has 0 saturated heterocycles. The van der Waals surface area contributed by atoms with Crippen molar-refractivity contribution >= 4 is 5.78 Å². The molecule has 0 amide bonds. The van der Waals surface area contributed by atoms with E-state index in [1.807, 2.05) is 0 Å². The van der Waals surface area contributed by atoms with Crippen LogP contribution < -0.4 is 9.47 Å². The average molecular weight is 323 g/mol. The molecule has 0 heterocycles. The Morgan fingerprint density at radius 1 is 1.30 bits per heavy atom. The van der Waals surface area contributed by atoms with Crippen LogP contribution in [0.2, 0.25) is 0 Å². The molecule has 1 aromatic carbocycles. The fraction of sp³-hybridized carbons (Fsp3) is 0.611. The van der Waals surface area contributed by atoms with Crippen molar-refractivity contribution in [2.75, 3.05) is 33.4 Å². The van der Waals surface area contributed by atoms with Crippen LogP contribution in [0.5, 0.6) is 11.5 Å². The summed E-state index contributed by atoms with van der Waals surface area (Å²) in [4.78, 5) is 13.6. The Morgan fingerprint density at radius 3 is 2.61 bits per heavy atom. The Morgan fingerprint density at radius 2 is 2.04 bits per heavy atom. The summed E-state index contributed by atoms with van der Waals surface area (Å²) >= 11 is 0. The Labute approximate surface area is 139 Å². The summed E-state index contributed by atoms with van der Waals surface area (Å²) in [6.45, 7) is 8.43. The van der Waals surface area contributed by atoms with Crippen LogP contribution in [-0.2, 0) is 0 Å². The van der Waals surface area contributed by atoms with Crippen LogP contribution in [0.15, 0.2) is 18.2 Å². The minimum Gasteiger partial charge on any atom is -0.493 e. The van der Waals surface area contributed by atoms with Crippen molar-refractivity contribution in [2.24, 2.45) is 0 Å². The van der Waals surface area contributed by atoms with E-state index in [-0.39, 0.29) is 12.4 Å². The summed E-state index contributed by atoms with van der Waals surface area (Å²) in [5.74, 6) is 1.01. The second-order valence-electron chi connectivity index (χ2n) is 5.63. The number of aliphatic hydroxyl groups is 1. The number of carbonyl (C=O) groups excluding carboxylic acids is 1. The van der Waals surface area contributed by atoms with Crippen molar-refractivity contribution in [3.8, 4) is 11.5 Å². The van der Waals surface area contributed by atoms with Crippen LogP contribution in [0.3, 0.4) is 0 Å². The molecule has 130 valence electrons. The van der Waals surface area contributed by atoms with Gasteiger partial charge in [0, 0.05) is 12.1 Å². The van der Waals surface area contributed by atoms with E-state index in [0.717, 1.165) is 25.9 Å². The minimum atomic E-state index is -0.566. The van der Waals surface area contributed by atoms with Crippen molar-refractivity contribution in [2.45, 2.75) is 39.7 Å². The zero-order valence-corrected chi connectivity index (χ0v) is 14.7. The number of methoxy groups -OCH3 is 1. The van der Waals surface area contributed by atoms with Gasteiger partial charge >= 0.3 is 0 Å². The number of rotatable bonds is 11. The predicted molar refractivity (Wildman–Crippen MR) is 91.5 cm³/mol. The first-order valence-electron chi connectivity index (χ1n) is 8.23. The lowest BCUT2D eigenvalue weighted by Gasteiger charge is -2.23. The molecule has 0 unspecified atom stereocenters. The number of unbranched alkanes of at least 4 members (excludes halogenated alkanes) is 1. The number of aliphatic hydroxyl groups excluding tert-OH is 1. The van der Waals surface area contributed by atoms with E-state index in [2.05, 4.69) is 18.7 Å². The summed E-state index contributed by atoms with van der Waals surface area (Å²) in [5, 5.41) is 10.2. The molecule has 1 aromatic rings. The summed E-state index contributed by atoms with van der Waals surface area (Å²) in [5.41, 5.74) is 0.575. The second kappa shape index (κ2) is 10.2. The molecule has 0 spiro atoms. The van der Waals surface area contributed by atoms with Gasteiger partial charge < -0.3 is 19.5 Å². The number of Topliss-reactive ketones (excluding diaryl/α,β-unsaturated/α-hetero) is 1. The van der Waals surface area contributed by atoms with Gasteiger partial charge in [-0.15, -0.1) is 0 Å². The molecule has 0 bridgehead atoms. The van der Waals surface area contributed by atoms with E-state index in [1.165, 1.54) is 14.0 Å². The maximum Gasteiger partial charge on any atom is 0.161 e. The first-order chi connectivity index (χ1) is 11.0. The van der Waals surface area contributed by atoms with Crippen LogP contribution in [0.25, 0.3) is 0 Å². The van der Waals surface area contributed by atoms with Crippen LogP contribution in [0.1, 0.15) is 44.0 Å². The Balaban J connectivity index is 2.58. The van der Waals surface area contributed by atoms with E-state index in [0.29, 0.717) is 23.6 Å². The highest BCUT2D eigenvalue weighted by Crippen LogP contribution is 2.28. The van der Waals surface area contributed by atoms with Crippen molar-refractivity contribution in [1.82, 2.24) is 4.90 Å². The van der Waals surface area contributed by atoms with E-state index in [9.17, 15) is 9.90 Å². The Kier molecular flexibility index (Phi) is 8.66. The van der Waals surface area contributed by atoms with Crippen molar-refractivity contribution in [3.05, 3.63) is 23.8 Å². The fourth-order valence-corrected chi connectivity index (χ4v) is 2.30. The van der Waals surface area contributed by atoms with Gasteiger partial charge in [-0.05, 0) is 44.6 Å². The largest absolute Gasteiger partial charge is 0.493 e. The number of ketones is 1. The van der Waals surface area contributed by atoms with E-state index < -0.39 is 6.10 Å². The van der Waals surface area contributed by atoms with Gasteiger partial charge in [0.1, 0.15) is 12.7 Å². The number of carbonyl (C=O) groups is 1. The summed E-state index contributed by atoms with van der Waals surface area (Å²) in [6, 6.07) is 5.06. The fourth-order valence-electron chi connectivity index (χ4n) is 2.30. The third kappa shape index (κ3) is 6.59. The van der Waals surface area contributed by atoms with Crippen molar-refractivity contribution < 1.29 is 19.4 Å². The topological polar surface area (TPSA) is 59.0 Å². The lowest BCUT2D eigenvalue weighted by atomic mass is 10.1. The van der Waals surface area contributed by atoms with Gasteiger partial charge in [0.2, 0.25) is 0 Å². The molecule has 5 heteroatoms. The van der Waals surface area contributed by atoms with E-state index >= 15 is 0 Å². The number of hydrogen-bond acceptors (Lipinski definition) is 5. The van der Waals surface area contributed by atoms with Crippen molar-refractivity contribution in [3.63, 3.8) is 0 Å². The summed E-state index contributed by atoms with van der Waals surface area (Å²) < 4.78 is 10.9. The van der Waals surface area contributed by atoms with E-state index in [1.54, 1.807) is 18.2 Å². The molecule has 5 nitrogen and oxygen atoms in total. The number of likely N-dealkylation sites (N-methyl/N-ethyl adjacent to an activating group) is 1. The van der Waals surface area contributed by atoms with Crippen LogP contribution in [0, 0.1) is 0 Å². The number of ether oxygens (including phenoxy) is 2. The summed E-state index contributed by atoms with van der Waals surface area (Å²) in [6.07, 6.45) is 1.70. The number of hydrogen-bond donors (Lipinski definition) is 1. The highest BCUT2D eigenvalue weighted by Gasteiger charge is 2.13. The van der Waals surface area contributed by atoms with Crippen LogP contribution in [-0.4, -0.2) is 55.2 Å². The molecule has 0 aromatic heterocycles. The number of nitrogens with zero attached hydrogens (tertiary/aromatic N) is 1. The molecule has 0 aliphatic rings. The van der Waals surface area contributed by atoms with Gasteiger partial charge in [0.15, 0.2) is 17.3 Å². The molecule has 23 heavy (non-hydrogen) atoms. The number of benzene rings is 1. The predicted octanol–water partition coefficient (Wildman–Crippen LogP) is 2.76. The Hall–Kier alpha value is -1.59. The SMILES string of the molecule is CCCCN(CC)C[C@H](O)COc1ccc(C(C)=O)cc1OC. The summed E-state index contributed by atoms with van der Waals surface area (Å²) in [7, 11) is 1.53. The van der Waals surface area contributed by atoms with Crippen LogP contribution >= 0.6 is 0 Å². The minimum absolute atomic E-state index is 0.0237. The smallest absolute Gasteiger partial charge is 0.161 e. The van der Waals surface area contributed by atoms with Crippen molar-refractivity contribution in [1.29, 1.82) is 0 Å². The third-order valence-electron chi connectivity index (χ3n) is 3.75. The molecular weight excluding hydrogens is 294 g/mol. The first kappa shape index (κ1) is 19.5. The maximum atomic E-state index is 11.4. The molecule has 0 aliphatic heterocycles. The van der Waals surface area contributed by atoms with Gasteiger partial charge in [-0.1, -0.05) is 20.3 Å². The third-order valence-corrected chi connectivity index (χ3v) is 3.75. The van der Waals surface area contributed by atoms with Gasteiger partial charge in [-0.25, -0.2) is 0 Å². The average Bonchev–Trinajstić information content (AvgIpc) is 2.56. The molecule has 1 atom stereocenters. The molecule has 0 radical (unpaired) electrons. The standard InChI is InChI=1S/C18H29NO4/c1-5-7-10-19(6-2)12-16(21)13-23-17-9-8-15(14(3)20)11-18(17)22-4/h8-9,11,16,21H,5-7,10,12-13H2,1-4H3/t16-/m0/s1. The molecule has 0 aliphatic carbocycles. The molecule has 1 N–H and O–H groups in total. The van der Waals surface area contributed by atoms with E-state index in [4.69, 9.17) is 9.47 Å². The molecular formula is C18H29NO4. The van der Waals surface area contributed by atoms with Gasteiger partial charge in [-0.2, -0.15) is 0 Å². The monoisotopic (exact) mass is 323 g/mol. The van der Waals surface area contributed by atoms with Gasteiger partial charge in [-0.3, -0.25) is 4.79 Å². The van der Waals surface area contributed by atoms with Gasteiger partial charge in [0.25, 0.3) is 0 Å². The highest BCUT2D eigenvalue weighted by atomic mass is 16.5. The second-order valence-corrected chi connectivity index (χ2v) is 5.63. The Bertz CT molecular complexity index is 490. The zero-order valence-electron chi connectivity index (χ0n) is 14.7. The first-order valence-corrected chi connectivity index (χ1v) is 8.23. The molecule has 0 saturated carbocycles. The maximum absolute atomic E-state index is 11.4. The highest BCUT2D eigenvalue weighted by molar-refractivity contribution is 5.94. The quantitative estimate of drug-likeness (QED) is 0.635. The zero-order chi connectivity index (χ0) is 17.2. The lowest BCUT2D eigenvalue weighted by Crippen LogP contribution is -2.36.